The van der Waals surface area contributed by atoms with E-state index in [0.717, 1.165) is 0 Å². The average molecular weight is 356 g/mol. The van der Waals surface area contributed by atoms with Crippen LogP contribution < -0.4 is 5.30 Å². The van der Waals surface area contributed by atoms with Gasteiger partial charge in [0.15, 0.2) is 0 Å². The smallest absolute Gasteiger partial charge is 1.00 e. The second kappa shape index (κ2) is 8.65. The molecular formula is C10H17Cl2OPRu+. The molecule has 15 heavy (non-hydrogen) atoms. The minimum atomic E-state index is -0.889. The molecule has 0 atom stereocenters. The van der Waals surface area contributed by atoms with Gasteiger partial charge >= 0.3 is 24.2 Å². The fourth-order valence-electron chi connectivity index (χ4n) is 0.875. The maximum Gasteiger partial charge on any atom is 3.00 e. The largest absolute Gasteiger partial charge is 3.00 e. The molecule has 0 saturated heterocycles. The molecule has 0 N–H and O–H groups in total. The molecule has 0 heterocycles. The van der Waals surface area contributed by atoms with E-state index in [9.17, 15) is 0 Å². The first-order valence-electron chi connectivity index (χ1n) is 4.06. The average Bonchev–Trinajstić information content (AvgIpc) is 2.03. The molecule has 0 aliphatic rings. The van der Waals surface area contributed by atoms with E-state index in [1.165, 1.54) is 5.30 Å². The zero-order chi connectivity index (χ0) is 11.2. The monoisotopic (exact) mass is 356 g/mol. The summed E-state index contributed by atoms with van der Waals surface area (Å²) in [4.78, 5) is 8.98. The van der Waals surface area contributed by atoms with Crippen molar-refractivity contribution < 1.29 is 28.6 Å². The van der Waals surface area contributed by atoms with Gasteiger partial charge in [0, 0.05) is 7.26 Å². The van der Waals surface area contributed by atoms with Gasteiger partial charge in [-0.25, -0.2) is 0 Å². The number of hydrogen-bond donors (Lipinski definition) is 0. The van der Waals surface area contributed by atoms with Crippen LogP contribution in [0.4, 0.5) is 4.79 Å². The minimum absolute atomic E-state index is 0. The molecule has 5 heteroatoms. The van der Waals surface area contributed by atoms with Gasteiger partial charge in [-0.1, -0.05) is 18.2 Å². The van der Waals surface area contributed by atoms with Gasteiger partial charge in [0.05, 0.1) is 25.3 Å². The zero-order valence-corrected chi connectivity index (χ0v) is 13.0. The number of carbonyl (C=O) groups is 1. The molecule has 0 aliphatic heterocycles. The molecule has 0 amide bonds. The number of rotatable bonds is 1. The fraction of sp³-hybridized carbons (Fsp3) is 0.300. The van der Waals surface area contributed by atoms with Crippen LogP contribution in [0, 0.1) is 0 Å². The number of hydrogen-bond acceptors (Lipinski definition) is 1. The van der Waals surface area contributed by atoms with Crippen LogP contribution in [-0.2, 0) is 19.5 Å². The third-order valence-corrected chi connectivity index (χ3v) is 3.38. The van der Waals surface area contributed by atoms with Gasteiger partial charge in [-0.15, -0.1) is 0 Å². The van der Waals surface area contributed by atoms with Crippen LogP contribution in [-0.4, -0.2) is 24.7 Å². The Morgan fingerprint density at radius 3 is 1.67 bits per heavy atom. The van der Waals surface area contributed by atoms with Crippen LogP contribution in [0.1, 0.15) is 4.28 Å². The summed E-state index contributed by atoms with van der Waals surface area (Å²) in [6, 6.07) is 10.7. The Labute approximate surface area is 119 Å². The number of carbonyl (C=O) groups excluding carboxylic acids is 1. The molecule has 0 fully saturated rings. The molecule has 0 unspecified atom stereocenters. The van der Waals surface area contributed by atoms with Gasteiger partial charge in [-0.3, -0.25) is 4.79 Å². The van der Waals surface area contributed by atoms with Crippen LogP contribution >= 0.6 is 30.5 Å². The van der Waals surface area contributed by atoms with Gasteiger partial charge in [-0.2, -0.15) is 0 Å². The summed E-state index contributed by atoms with van der Waals surface area (Å²) in [5.41, 5.74) is 0. The Kier molecular flexibility index (Phi) is 10.3. The van der Waals surface area contributed by atoms with Crippen molar-refractivity contribution in [3.63, 3.8) is 0 Å². The fourth-order valence-corrected chi connectivity index (χ4v) is 1.94. The summed E-state index contributed by atoms with van der Waals surface area (Å²) in [6.45, 7) is 7.01. The van der Waals surface area contributed by atoms with Crippen molar-refractivity contribution in [2.75, 3.05) is 20.0 Å². The maximum absolute atomic E-state index is 8.98. The van der Waals surface area contributed by atoms with E-state index >= 15 is 0 Å². The SMILES string of the molecule is C[P+](C)(C)c1ccccc1.O=C(Cl)Cl.[H-].[H-].[H-].[Ru+3]. The summed E-state index contributed by atoms with van der Waals surface area (Å²) in [5.74, 6) is 0. The molecular weight excluding hydrogens is 339 g/mol. The quantitative estimate of drug-likeness (QED) is 0.420. The van der Waals surface area contributed by atoms with Gasteiger partial charge < -0.3 is 4.28 Å². The maximum atomic E-state index is 8.98. The zero-order valence-electron chi connectivity index (χ0n) is 11.9. The van der Waals surface area contributed by atoms with E-state index in [1.807, 2.05) is 0 Å². The third-order valence-electron chi connectivity index (χ3n) is 1.53. The molecule has 1 rings (SSSR count). The summed E-state index contributed by atoms with van der Waals surface area (Å²) >= 11 is 8.80. The molecule has 89 valence electrons. The van der Waals surface area contributed by atoms with Crippen LogP contribution in [0.25, 0.3) is 0 Å². The summed E-state index contributed by atoms with van der Waals surface area (Å²) < 4.78 is -0.889. The third kappa shape index (κ3) is 10.8. The Hall–Kier alpha value is 0.523. The van der Waals surface area contributed by atoms with Crippen molar-refractivity contribution in [1.82, 2.24) is 0 Å². The van der Waals surface area contributed by atoms with Crippen molar-refractivity contribution in [2.45, 2.75) is 0 Å². The molecule has 0 saturated carbocycles. The molecule has 0 spiro atoms. The van der Waals surface area contributed by atoms with Gasteiger partial charge in [0.2, 0.25) is 0 Å². The molecule has 1 nitrogen and oxygen atoms in total. The van der Waals surface area contributed by atoms with Crippen molar-refractivity contribution >= 4 is 40.5 Å². The Morgan fingerprint density at radius 1 is 1.13 bits per heavy atom. The van der Waals surface area contributed by atoms with E-state index < -0.39 is 12.0 Å². The summed E-state index contributed by atoms with van der Waals surface area (Å²) in [5, 5.41) is 1.51. The van der Waals surface area contributed by atoms with Crippen LogP contribution in [0.2, 0.25) is 0 Å². The number of halogens is 2. The Bertz CT molecular complexity index is 293. The van der Waals surface area contributed by atoms with Crippen LogP contribution in [0.15, 0.2) is 30.3 Å². The van der Waals surface area contributed by atoms with Crippen molar-refractivity contribution in [2.24, 2.45) is 0 Å². The predicted octanol–water partition coefficient (Wildman–Crippen LogP) is 4.14. The van der Waals surface area contributed by atoms with Crippen molar-refractivity contribution in [3.05, 3.63) is 30.3 Å². The first-order chi connectivity index (χ1) is 6.34. The van der Waals surface area contributed by atoms with E-state index in [2.05, 4.69) is 73.5 Å². The summed E-state index contributed by atoms with van der Waals surface area (Å²) in [7, 11) is -0.768. The first-order valence-corrected chi connectivity index (χ1v) is 7.94. The van der Waals surface area contributed by atoms with Gasteiger partial charge in [0.25, 0.3) is 0 Å². The molecule has 1 aromatic carbocycles. The molecule has 0 aliphatic carbocycles. The molecule has 0 aromatic heterocycles. The van der Waals surface area contributed by atoms with Gasteiger partial charge in [-0.05, 0) is 35.3 Å². The minimum Gasteiger partial charge on any atom is -1.00 e. The normalized spacial score (nSPS) is 9.40. The first kappa shape index (κ1) is 17.9. The van der Waals surface area contributed by atoms with E-state index in [4.69, 9.17) is 4.79 Å². The summed E-state index contributed by atoms with van der Waals surface area (Å²) in [6.07, 6.45) is 0. The second-order valence-corrected chi connectivity index (χ2v) is 9.00. The van der Waals surface area contributed by atoms with Gasteiger partial charge in [0.1, 0.15) is 0 Å². The van der Waals surface area contributed by atoms with E-state index in [-0.39, 0.29) is 23.8 Å². The standard InChI is InChI=1S/C9H14P.CCl2O.Ru.3H/c1-10(2,3)9-7-5-4-6-8-9;2-1(3)4;;;;/h4-8H,1-3H3;;;;;/q+1;;+3;3*-1. The number of benzene rings is 1. The van der Waals surface area contributed by atoms with Crippen molar-refractivity contribution in [1.29, 1.82) is 0 Å². The predicted molar refractivity (Wildman–Crippen MR) is 71.2 cm³/mol. The van der Waals surface area contributed by atoms with E-state index in [0.29, 0.717) is 0 Å². The second-order valence-electron chi connectivity index (χ2n) is 3.57. The molecule has 0 bridgehead atoms. The Balaban J connectivity index is -0.0000000635. The topological polar surface area (TPSA) is 17.1 Å². The van der Waals surface area contributed by atoms with E-state index in [1.54, 1.807) is 0 Å². The van der Waals surface area contributed by atoms with Crippen molar-refractivity contribution in [3.8, 4) is 0 Å². The molecule has 1 aromatic rings. The molecule has 1 radical (unpaired) electrons. The van der Waals surface area contributed by atoms with Crippen LogP contribution in [0.3, 0.4) is 0 Å². The Morgan fingerprint density at radius 2 is 1.47 bits per heavy atom. The van der Waals surface area contributed by atoms with Crippen LogP contribution in [0.5, 0.6) is 0 Å².